The highest BCUT2D eigenvalue weighted by molar-refractivity contribution is 9.10. The van der Waals surface area contributed by atoms with Crippen molar-refractivity contribution in [2.45, 2.75) is 33.1 Å². The van der Waals surface area contributed by atoms with Gasteiger partial charge in [-0.05, 0) is 54.8 Å². The van der Waals surface area contributed by atoms with Crippen molar-refractivity contribution < 1.29 is 9.59 Å². The van der Waals surface area contributed by atoms with Gasteiger partial charge in [0.1, 0.15) is 0 Å². The molecule has 0 aliphatic carbocycles. The van der Waals surface area contributed by atoms with Gasteiger partial charge < -0.3 is 4.90 Å². The molecule has 0 fully saturated rings. The number of amides is 1. The summed E-state index contributed by atoms with van der Waals surface area (Å²) in [6.45, 7) is 4.32. The van der Waals surface area contributed by atoms with Gasteiger partial charge in [-0.25, -0.2) is 0 Å². The molecule has 0 atom stereocenters. The zero-order chi connectivity index (χ0) is 15.6. The van der Waals surface area contributed by atoms with Crippen LogP contribution in [0.25, 0.3) is 0 Å². The van der Waals surface area contributed by atoms with Crippen LogP contribution in [0, 0.1) is 16.7 Å². The van der Waals surface area contributed by atoms with Crippen LogP contribution in [0.5, 0.6) is 0 Å². The minimum atomic E-state index is -0.462. The molecule has 0 N–H and O–H groups in total. The van der Waals surface area contributed by atoms with E-state index in [0.717, 1.165) is 19.3 Å². The molecular formula is C16H17BrN2O2. The van der Waals surface area contributed by atoms with Crippen LogP contribution < -0.4 is 4.90 Å². The van der Waals surface area contributed by atoms with Gasteiger partial charge in [0.2, 0.25) is 0 Å². The van der Waals surface area contributed by atoms with Gasteiger partial charge in [-0.2, -0.15) is 5.26 Å². The van der Waals surface area contributed by atoms with E-state index in [1.165, 1.54) is 0 Å². The SMILES string of the molecule is CC(C)(C#N)CCCCN1C(=O)C(=O)c2c(Br)cccc21. The summed E-state index contributed by atoms with van der Waals surface area (Å²) in [6, 6.07) is 7.65. The third-order valence-corrected chi connectivity index (χ3v) is 4.35. The lowest BCUT2D eigenvalue weighted by molar-refractivity contribution is -0.114. The van der Waals surface area contributed by atoms with Crippen molar-refractivity contribution >= 4 is 33.3 Å². The number of anilines is 1. The summed E-state index contributed by atoms with van der Waals surface area (Å²) < 4.78 is 0.659. The molecule has 2 rings (SSSR count). The van der Waals surface area contributed by atoms with Crippen LogP contribution in [0.1, 0.15) is 43.5 Å². The summed E-state index contributed by atoms with van der Waals surface area (Å²) in [6.07, 6.45) is 2.41. The maximum atomic E-state index is 12.1. The van der Waals surface area contributed by atoms with E-state index >= 15 is 0 Å². The van der Waals surface area contributed by atoms with E-state index in [2.05, 4.69) is 22.0 Å². The molecule has 0 aromatic heterocycles. The highest BCUT2D eigenvalue weighted by Crippen LogP contribution is 2.34. The predicted octanol–water partition coefficient (Wildman–Crippen LogP) is 3.70. The summed E-state index contributed by atoms with van der Waals surface area (Å²) in [4.78, 5) is 25.6. The first-order valence-corrected chi connectivity index (χ1v) is 7.72. The van der Waals surface area contributed by atoms with Crippen LogP contribution in [0.3, 0.4) is 0 Å². The minimum absolute atomic E-state index is 0.341. The van der Waals surface area contributed by atoms with Crippen LogP contribution in [-0.4, -0.2) is 18.2 Å². The average molecular weight is 349 g/mol. The topological polar surface area (TPSA) is 61.2 Å². The lowest BCUT2D eigenvalue weighted by Gasteiger charge is -2.18. The zero-order valence-corrected chi connectivity index (χ0v) is 13.7. The van der Waals surface area contributed by atoms with Crippen LogP contribution in [-0.2, 0) is 4.79 Å². The van der Waals surface area contributed by atoms with Crippen LogP contribution in [0.4, 0.5) is 5.69 Å². The van der Waals surface area contributed by atoms with Gasteiger partial charge in [0, 0.05) is 11.0 Å². The number of hydrogen-bond acceptors (Lipinski definition) is 3. The Morgan fingerprint density at radius 3 is 2.67 bits per heavy atom. The van der Waals surface area contributed by atoms with E-state index in [1.54, 1.807) is 17.0 Å². The van der Waals surface area contributed by atoms with Crippen LogP contribution in [0.2, 0.25) is 0 Å². The molecule has 1 heterocycles. The molecule has 0 unspecified atom stereocenters. The molecule has 0 spiro atoms. The van der Waals surface area contributed by atoms with Gasteiger partial charge in [-0.3, -0.25) is 9.59 Å². The summed E-state index contributed by atoms with van der Waals surface area (Å²) >= 11 is 3.32. The van der Waals surface area contributed by atoms with Crippen molar-refractivity contribution in [3.63, 3.8) is 0 Å². The second kappa shape index (κ2) is 5.98. The predicted molar refractivity (Wildman–Crippen MR) is 84.1 cm³/mol. The molecule has 0 radical (unpaired) electrons. The summed E-state index contributed by atoms with van der Waals surface area (Å²) in [5.41, 5.74) is 0.796. The second-order valence-electron chi connectivity index (χ2n) is 5.87. The van der Waals surface area contributed by atoms with Gasteiger partial charge in [-0.15, -0.1) is 0 Å². The first-order chi connectivity index (χ1) is 9.87. The van der Waals surface area contributed by atoms with Crippen molar-refractivity contribution in [1.82, 2.24) is 0 Å². The summed E-state index contributed by atoms with van der Waals surface area (Å²) in [5.74, 6) is -0.911. The van der Waals surface area contributed by atoms with Crippen molar-refractivity contribution in [3.05, 3.63) is 28.2 Å². The lowest BCUT2D eigenvalue weighted by Crippen LogP contribution is -2.30. The third kappa shape index (κ3) is 3.16. The number of carbonyl (C=O) groups excluding carboxylic acids is 2. The fraction of sp³-hybridized carbons (Fsp3) is 0.438. The Bertz CT molecular complexity index is 632. The first kappa shape index (κ1) is 15.7. The molecule has 5 heteroatoms. The van der Waals surface area contributed by atoms with Crippen molar-refractivity contribution in [1.29, 1.82) is 5.26 Å². The van der Waals surface area contributed by atoms with E-state index in [4.69, 9.17) is 5.26 Å². The Labute approximate surface area is 132 Å². The third-order valence-electron chi connectivity index (χ3n) is 3.69. The Morgan fingerprint density at radius 1 is 1.29 bits per heavy atom. The number of rotatable bonds is 5. The average Bonchev–Trinajstić information content (AvgIpc) is 2.69. The normalized spacial score (nSPS) is 14.3. The molecule has 4 nitrogen and oxygen atoms in total. The Balaban J connectivity index is 2.03. The number of Topliss-reactive ketones (excluding diaryl/α,β-unsaturated/α-hetero) is 1. The van der Waals surface area contributed by atoms with E-state index in [-0.39, 0.29) is 5.41 Å². The molecular weight excluding hydrogens is 332 g/mol. The number of ketones is 1. The number of hydrogen-bond donors (Lipinski definition) is 0. The Kier molecular flexibility index (Phi) is 4.48. The van der Waals surface area contributed by atoms with E-state index in [0.29, 0.717) is 22.3 Å². The van der Waals surface area contributed by atoms with Crippen molar-refractivity contribution in [2.24, 2.45) is 5.41 Å². The summed E-state index contributed by atoms with van der Waals surface area (Å²) in [7, 11) is 0. The van der Waals surface area contributed by atoms with Crippen LogP contribution in [0.15, 0.2) is 22.7 Å². The fourth-order valence-corrected chi connectivity index (χ4v) is 2.95. The fourth-order valence-electron chi connectivity index (χ4n) is 2.42. The monoisotopic (exact) mass is 348 g/mol. The smallest absolute Gasteiger partial charge is 0.299 e. The van der Waals surface area contributed by atoms with Gasteiger partial charge in [0.15, 0.2) is 0 Å². The molecule has 110 valence electrons. The first-order valence-electron chi connectivity index (χ1n) is 6.93. The van der Waals surface area contributed by atoms with Crippen molar-refractivity contribution in [2.75, 3.05) is 11.4 Å². The second-order valence-corrected chi connectivity index (χ2v) is 6.73. The number of halogens is 1. The zero-order valence-electron chi connectivity index (χ0n) is 12.1. The van der Waals surface area contributed by atoms with Gasteiger partial charge in [0.05, 0.1) is 22.7 Å². The number of nitrogens with zero attached hydrogens (tertiary/aromatic N) is 2. The lowest BCUT2D eigenvalue weighted by atomic mass is 9.89. The molecule has 21 heavy (non-hydrogen) atoms. The maximum Gasteiger partial charge on any atom is 0.299 e. The number of benzene rings is 1. The van der Waals surface area contributed by atoms with E-state index < -0.39 is 11.7 Å². The molecule has 0 bridgehead atoms. The van der Waals surface area contributed by atoms with Gasteiger partial charge in [0.25, 0.3) is 11.7 Å². The molecule has 0 saturated carbocycles. The number of nitriles is 1. The molecule has 1 aromatic carbocycles. The molecule has 1 aliphatic rings. The van der Waals surface area contributed by atoms with Crippen LogP contribution >= 0.6 is 15.9 Å². The molecule has 1 aromatic rings. The summed E-state index contributed by atoms with van der Waals surface area (Å²) in [5, 5.41) is 8.98. The number of carbonyl (C=O) groups is 2. The van der Waals surface area contributed by atoms with Crippen molar-refractivity contribution in [3.8, 4) is 6.07 Å². The minimum Gasteiger partial charge on any atom is -0.305 e. The van der Waals surface area contributed by atoms with Gasteiger partial charge in [-0.1, -0.05) is 12.5 Å². The standard InChI is InChI=1S/C16H17BrN2O2/c1-16(2,10-18)8-3-4-9-19-12-7-5-6-11(17)13(12)14(20)15(19)21/h5-7H,3-4,8-9H2,1-2H3. The molecule has 1 aliphatic heterocycles. The number of unbranched alkanes of at least 4 members (excludes halogenated alkanes) is 1. The highest BCUT2D eigenvalue weighted by Gasteiger charge is 2.36. The highest BCUT2D eigenvalue weighted by atomic mass is 79.9. The molecule has 0 saturated heterocycles. The quantitative estimate of drug-likeness (QED) is 0.602. The van der Waals surface area contributed by atoms with Gasteiger partial charge >= 0.3 is 0 Å². The maximum absolute atomic E-state index is 12.1. The van der Waals surface area contributed by atoms with E-state index in [1.807, 2.05) is 19.9 Å². The Hall–Kier alpha value is -1.67. The van der Waals surface area contributed by atoms with E-state index in [9.17, 15) is 9.59 Å². The molecule has 1 amide bonds. The number of fused-ring (bicyclic) bond motifs is 1. The largest absolute Gasteiger partial charge is 0.305 e. The Morgan fingerprint density at radius 2 is 2.00 bits per heavy atom.